The molecule has 0 fully saturated rings. The number of methoxy groups -OCH3 is 1. The van der Waals surface area contributed by atoms with Gasteiger partial charge in [0.05, 0.1) is 19.1 Å². The standard InChI is InChI=1S/C17H16O5/c1-21-16(18)10-12-6-8-14(9-7-12)22-11-13-4-2-3-5-15(13)17(19)20/h2-9H,10-11H2,1H3,(H,19,20). The lowest BCUT2D eigenvalue weighted by molar-refractivity contribution is -0.139. The van der Waals surface area contributed by atoms with E-state index in [1.54, 1.807) is 48.5 Å². The number of carboxylic acid groups (broad SMARTS) is 1. The van der Waals surface area contributed by atoms with Crippen LogP contribution in [0.25, 0.3) is 0 Å². The first-order chi connectivity index (χ1) is 10.6. The molecule has 0 bridgehead atoms. The van der Waals surface area contributed by atoms with Crippen molar-refractivity contribution >= 4 is 11.9 Å². The molecule has 0 heterocycles. The third-order valence-electron chi connectivity index (χ3n) is 3.14. The van der Waals surface area contributed by atoms with Crippen LogP contribution >= 0.6 is 0 Å². The van der Waals surface area contributed by atoms with Gasteiger partial charge in [-0.1, -0.05) is 30.3 Å². The molecule has 2 aromatic carbocycles. The van der Waals surface area contributed by atoms with E-state index in [0.717, 1.165) is 5.56 Å². The van der Waals surface area contributed by atoms with E-state index in [9.17, 15) is 9.59 Å². The van der Waals surface area contributed by atoms with Crippen molar-refractivity contribution in [3.05, 3.63) is 65.2 Å². The Labute approximate surface area is 128 Å². The van der Waals surface area contributed by atoms with Crippen LogP contribution in [0.4, 0.5) is 0 Å². The fraction of sp³-hybridized carbons (Fsp3) is 0.176. The Morgan fingerprint density at radius 2 is 1.73 bits per heavy atom. The summed E-state index contributed by atoms with van der Waals surface area (Å²) in [6.07, 6.45) is 0.207. The van der Waals surface area contributed by atoms with E-state index in [2.05, 4.69) is 4.74 Å². The molecular weight excluding hydrogens is 284 g/mol. The Hall–Kier alpha value is -2.82. The zero-order valence-corrected chi connectivity index (χ0v) is 12.1. The molecule has 0 aliphatic heterocycles. The van der Waals surface area contributed by atoms with Crippen LogP contribution in [0.15, 0.2) is 48.5 Å². The second-order valence-electron chi connectivity index (χ2n) is 4.65. The fourth-order valence-electron chi connectivity index (χ4n) is 1.96. The summed E-state index contributed by atoms with van der Waals surface area (Å²) < 4.78 is 10.2. The molecule has 2 aromatic rings. The van der Waals surface area contributed by atoms with E-state index < -0.39 is 5.97 Å². The van der Waals surface area contributed by atoms with Crippen LogP contribution in [0.3, 0.4) is 0 Å². The Morgan fingerprint density at radius 1 is 1.05 bits per heavy atom. The van der Waals surface area contributed by atoms with Gasteiger partial charge >= 0.3 is 11.9 Å². The lowest BCUT2D eigenvalue weighted by Crippen LogP contribution is -2.06. The minimum absolute atomic E-state index is 0.165. The SMILES string of the molecule is COC(=O)Cc1ccc(OCc2ccccc2C(=O)O)cc1. The van der Waals surface area contributed by atoms with Crippen LogP contribution in [-0.4, -0.2) is 24.2 Å². The maximum absolute atomic E-state index is 11.2. The van der Waals surface area contributed by atoms with Gasteiger partial charge in [-0.2, -0.15) is 0 Å². The normalized spacial score (nSPS) is 10.0. The molecule has 2 rings (SSSR count). The predicted molar refractivity (Wildman–Crippen MR) is 79.9 cm³/mol. The van der Waals surface area contributed by atoms with Gasteiger partial charge in [-0.05, 0) is 23.8 Å². The van der Waals surface area contributed by atoms with Crippen molar-refractivity contribution < 1.29 is 24.2 Å². The van der Waals surface area contributed by atoms with Crippen molar-refractivity contribution in [2.45, 2.75) is 13.0 Å². The molecule has 22 heavy (non-hydrogen) atoms. The van der Waals surface area contributed by atoms with Crippen LogP contribution < -0.4 is 4.74 Å². The highest BCUT2D eigenvalue weighted by Crippen LogP contribution is 2.16. The molecule has 0 amide bonds. The van der Waals surface area contributed by atoms with E-state index in [-0.39, 0.29) is 24.6 Å². The maximum Gasteiger partial charge on any atom is 0.336 e. The first-order valence-electron chi connectivity index (χ1n) is 6.70. The summed E-state index contributed by atoms with van der Waals surface area (Å²) in [5, 5.41) is 9.11. The van der Waals surface area contributed by atoms with Gasteiger partial charge in [0.25, 0.3) is 0 Å². The molecule has 0 aliphatic carbocycles. The minimum atomic E-state index is -0.979. The summed E-state index contributed by atoms with van der Waals surface area (Å²) in [7, 11) is 1.35. The van der Waals surface area contributed by atoms with Crippen LogP contribution in [-0.2, 0) is 22.6 Å². The van der Waals surface area contributed by atoms with Gasteiger partial charge in [-0.25, -0.2) is 4.79 Å². The minimum Gasteiger partial charge on any atom is -0.489 e. The molecule has 0 aliphatic rings. The number of aromatic carboxylic acids is 1. The van der Waals surface area contributed by atoms with Crippen LogP contribution in [0.1, 0.15) is 21.5 Å². The molecule has 0 atom stereocenters. The van der Waals surface area contributed by atoms with Crippen LogP contribution in [0.5, 0.6) is 5.75 Å². The Morgan fingerprint density at radius 3 is 2.36 bits per heavy atom. The monoisotopic (exact) mass is 300 g/mol. The Bertz CT molecular complexity index is 661. The second kappa shape index (κ2) is 7.26. The molecule has 0 spiro atoms. The van der Waals surface area contributed by atoms with Crippen molar-refractivity contribution in [3.8, 4) is 5.75 Å². The number of ether oxygens (including phenoxy) is 2. The van der Waals surface area contributed by atoms with Gasteiger partial charge in [-0.3, -0.25) is 4.79 Å². The second-order valence-corrected chi connectivity index (χ2v) is 4.65. The average Bonchev–Trinajstić information content (AvgIpc) is 2.54. The highest BCUT2D eigenvalue weighted by molar-refractivity contribution is 5.89. The molecular formula is C17H16O5. The zero-order valence-electron chi connectivity index (χ0n) is 12.1. The van der Waals surface area contributed by atoms with Gasteiger partial charge in [0.2, 0.25) is 0 Å². The molecule has 0 radical (unpaired) electrons. The van der Waals surface area contributed by atoms with E-state index in [1.165, 1.54) is 7.11 Å². The largest absolute Gasteiger partial charge is 0.489 e. The number of hydrogen-bond acceptors (Lipinski definition) is 4. The number of rotatable bonds is 6. The summed E-state index contributed by atoms with van der Waals surface area (Å²) in [5.74, 6) is -0.675. The third kappa shape index (κ3) is 4.09. The van der Waals surface area contributed by atoms with Gasteiger partial charge in [-0.15, -0.1) is 0 Å². The smallest absolute Gasteiger partial charge is 0.336 e. The lowest BCUT2D eigenvalue weighted by atomic mass is 10.1. The van der Waals surface area contributed by atoms with Crippen LogP contribution in [0, 0.1) is 0 Å². The molecule has 114 valence electrons. The van der Waals surface area contributed by atoms with Gasteiger partial charge in [0, 0.05) is 5.56 Å². The van der Waals surface area contributed by atoms with Crippen molar-refractivity contribution in [2.75, 3.05) is 7.11 Å². The van der Waals surface area contributed by atoms with Crippen molar-refractivity contribution in [1.82, 2.24) is 0 Å². The molecule has 0 unspecified atom stereocenters. The first-order valence-corrected chi connectivity index (χ1v) is 6.70. The van der Waals surface area contributed by atoms with Crippen molar-refractivity contribution in [2.24, 2.45) is 0 Å². The zero-order chi connectivity index (χ0) is 15.9. The highest BCUT2D eigenvalue weighted by Gasteiger charge is 2.09. The summed E-state index contributed by atoms with van der Waals surface area (Å²) in [4.78, 5) is 22.3. The number of carboxylic acids is 1. The fourth-order valence-corrected chi connectivity index (χ4v) is 1.96. The Balaban J connectivity index is 2.00. The molecule has 0 saturated carbocycles. The summed E-state index contributed by atoms with van der Waals surface area (Å²) in [6.45, 7) is 0.165. The summed E-state index contributed by atoms with van der Waals surface area (Å²) in [5.41, 5.74) is 1.66. The van der Waals surface area contributed by atoms with E-state index in [4.69, 9.17) is 9.84 Å². The van der Waals surface area contributed by atoms with Gasteiger partial charge in [0.15, 0.2) is 0 Å². The van der Waals surface area contributed by atoms with Gasteiger partial charge in [0.1, 0.15) is 12.4 Å². The number of carbonyl (C=O) groups is 2. The average molecular weight is 300 g/mol. The lowest BCUT2D eigenvalue weighted by Gasteiger charge is -2.09. The van der Waals surface area contributed by atoms with Gasteiger partial charge < -0.3 is 14.6 Å². The number of esters is 1. The summed E-state index contributed by atoms with van der Waals surface area (Å²) in [6, 6.07) is 13.7. The van der Waals surface area contributed by atoms with Crippen molar-refractivity contribution in [1.29, 1.82) is 0 Å². The molecule has 1 N–H and O–H groups in total. The first kappa shape index (κ1) is 15.6. The highest BCUT2D eigenvalue weighted by atomic mass is 16.5. The van der Waals surface area contributed by atoms with Crippen LogP contribution in [0.2, 0.25) is 0 Å². The summed E-state index contributed by atoms with van der Waals surface area (Å²) >= 11 is 0. The van der Waals surface area contributed by atoms with Crippen molar-refractivity contribution in [3.63, 3.8) is 0 Å². The van der Waals surface area contributed by atoms with E-state index in [0.29, 0.717) is 11.3 Å². The number of hydrogen-bond donors (Lipinski definition) is 1. The quantitative estimate of drug-likeness (QED) is 0.830. The Kier molecular flexibility index (Phi) is 5.14. The third-order valence-corrected chi connectivity index (χ3v) is 3.14. The van der Waals surface area contributed by atoms with E-state index in [1.807, 2.05) is 0 Å². The maximum atomic E-state index is 11.2. The van der Waals surface area contributed by atoms with E-state index >= 15 is 0 Å². The molecule has 0 saturated heterocycles. The topological polar surface area (TPSA) is 72.8 Å². The molecule has 5 nitrogen and oxygen atoms in total. The number of benzene rings is 2. The molecule has 0 aromatic heterocycles. The number of carbonyl (C=O) groups excluding carboxylic acids is 1. The predicted octanol–water partition coefficient (Wildman–Crippen LogP) is 2.68. The molecule has 5 heteroatoms.